The number of nitrogen functional groups attached to an aromatic ring is 1. The summed E-state index contributed by atoms with van der Waals surface area (Å²) in [6.07, 6.45) is 3.85. The van der Waals surface area contributed by atoms with Crippen LogP contribution in [0.15, 0.2) is 24.3 Å². The average Bonchev–Trinajstić information content (AvgIpc) is 3.22. The quantitative estimate of drug-likeness (QED) is 0.554. The number of rotatable bonds is 8. The van der Waals surface area contributed by atoms with Crippen molar-refractivity contribution in [1.29, 1.82) is 0 Å². The predicted molar refractivity (Wildman–Crippen MR) is 75.7 cm³/mol. The molecule has 1 aliphatic carbocycles. The van der Waals surface area contributed by atoms with E-state index in [1.54, 1.807) is 0 Å². The Bertz CT molecular complexity index is 399. The fraction of sp³-hybridized carbons (Fsp3) is 0.533. The molecule has 2 rings (SSSR count). The molecule has 0 unspecified atom stereocenters. The Kier molecular flexibility index (Phi) is 5.21. The lowest BCUT2D eigenvalue weighted by Gasteiger charge is -2.06. The van der Waals surface area contributed by atoms with Crippen LogP contribution in [0.1, 0.15) is 24.8 Å². The molecule has 4 nitrogen and oxygen atoms in total. The van der Waals surface area contributed by atoms with E-state index in [9.17, 15) is 4.79 Å². The van der Waals surface area contributed by atoms with Crippen molar-refractivity contribution in [3.63, 3.8) is 0 Å². The Balaban J connectivity index is 1.52. The third kappa shape index (κ3) is 5.75. The number of hydrogen-bond acceptors (Lipinski definition) is 3. The van der Waals surface area contributed by atoms with E-state index in [2.05, 4.69) is 5.32 Å². The highest BCUT2D eigenvalue weighted by atomic mass is 16.5. The van der Waals surface area contributed by atoms with Crippen molar-refractivity contribution in [3.8, 4) is 0 Å². The summed E-state index contributed by atoms with van der Waals surface area (Å²) < 4.78 is 5.46. The van der Waals surface area contributed by atoms with Crippen LogP contribution >= 0.6 is 0 Å². The lowest BCUT2D eigenvalue weighted by atomic mass is 10.1. The SMILES string of the molecule is Nc1ccc(CCC(=O)NCCOCC2CC2)cc1. The van der Waals surface area contributed by atoms with Crippen molar-refractivity contribution in [2.24, 2.45) is 5.92 Å². The Morgan fingerprint density at radius 1 is 1.32 bits per heavy atom. The minimum absolute atomic E-state index is 0.0758. The summed E-state index contributed by atoms with van der Waals surface area (Å²) in [5.74, 6) is 0.855. The first kappa shape index (κ1) is 13.9. The van der Waals surface area contributed by atoms with Crippen molar-refractivity contribution < 1.29 is 9.53 Å². The van der Waals surface area contributed by atoms with Crippen LogP contribution in [-0.4, -0.2) is 25.7 Å². The van der Waals surface area contributed by atoms with Crippen molar-refractivity contribution in [3.05, 3.63) is 29.8 Å². The number of nitrogens with two attached hydrogens (primary N) is 1. The molecule has 4 heteroatoms. The van der Waals surface area contributed by atoms with Crippen LogP contribution < -0.4 is 11.1 Å². The topological polar surface area (TPSA) is 64.4 Å². The second-order valence-electron chi connectivity index (χ2n) is 5.11. The summed E-state index contributed by atoms with van der Waals surface area (Å²) in [5.41, 5.74) is 7.49. The van der Waals surface area contributed by atoms with E-state index in [1.807, 2.05) is 24.3 Å². The van der Waals surface area contributed by atoms with Crippen LogP contribution in [0.5, 0.6) is 0 Å². The number of ether oxygens (including phenoxy) is 1. The smallest absolute Gasteiger partial charge is 0.220 e. The van der Waals surface area contributed by atoms with Gasteiger partial charge in [-0.3, -0.25) is 4.79 Å². The Labute approximate surface area is 114 Å². The maximum atomic E-state index is 11.6. The van der Waals surface area contributed by atoms with E-state index in [-0.39, 0.29) is 5.91 Å². The molecule has 104 valence electrons. The Hall–Kier alpha value is -1.55. The standard InChI is InChI=1S/C15H22N2O2/c16-14-6-3-12(4-7-14)5-8-15(18)17-9-10-19-11-13-1-2-13/h3-4,6-7,13H,1-2,5,8-11,16H2,(H,17,18). The number of carbonyl (C=O) groups is 1. The van der Waals surface area contributed by atoms with Gasteiger partial charge in [0, 0.05) is 25.3 Å². The van der Waals surface area contributed by atoms with E-state index >= 15 is 0 Å². The summed E-state index contributed by atoms with van der Waals surface area (Å²) in [6.45, 7) is 2.07. The molecule has 0 aliphatic heterocycles. The fourth-order valence-corrected chi connectivity index (χ4v) is 1.83. The molecule has 1 aromatic carbocycles. The van der Waals surface area contributed by atoms with Gasteiger partial charge in [0.05, 0.1) is 6.61 Å². The molecule has 1 aromatic rings. The highest BCUT2D eigenvalue weighted by Gasteiger charge is 2.20. The largest absolute Gasteiger partial charge is 0.399 e. The monoisotopic (exact) mass is 262 g/mol. The lowest BCUT2D eigenvalue weighted by Crippen LogP contribution is -2.27. The molecule has 0 saturated heterocycles. The summed E-state index contributed by atoms with van der Waals surface area (Å²) >= 11 is 0. The molecule has 0 spiro atoms. The molecule has 19 heavy (non-hydrogen) atoms. The summed E-state index contributed by atoms with van der Waals surface area (Å²) in [5, 5.41) is 2.87. The van der Waals surface area contributed by atoms with Gasteiger partial charge in [-0.2, -0.15) is 0 Å². The maximum Gasteiger partial charge on any atom is 0.220 e. The van der Waals surface area contributed by atoms with Gasteiger partial charge in [0.25, 0.3) is 0 Å². The van der Waals surface area contributed by atoms with Gasteiger partial charge in [0.2, 0.25) is 5.91 Å². The van der Waals surface area contributed by atoms with Gasteiger partial charge >= 0.3 is 0 Å². The van der Waals surface area contributed by atoms with Gasteiger partial charge in [0.15, 0.2) is 0 Å². The minimum Gasteiger partial charge on any atom is -0.399 e. The Morgan fingerprint density at radius 2 is 2.05 bits per heavy atom. The van der Waals surface area contributed by atoms with E-state index in [1.165, 1.54) is 12.8 Å². The number of carbonyl (C=O) groups excluding carboxylic acids is 1. The number of aryl methyl sites for hydroxylation is 1. The highest BCUT2D eigenvalue weighted by molar-refractivity contribution is 5.76. The van der Waals surface area contributed by atoms with Gasteiger partial charge in [-0.15, -0.1) is 0 Å². The van der Waals surface area contributed by atoms with Crippen LogP contribution in [0, 0.1) is 5.92 Å². The van der Waals surface area contributed by atoms with Crippen molar-refractivity contribution in [2.75, 3.05) is 25.5 Å². The molecule has 0 heterocycles. The van der Waals surface area contributed by atoms with Crippen LogP contribution in [0.25, 0.3) is 0 Å². The lowest BCUT2D eigenvalue weighted by molar-refractivity contribution is -0.121. The molecular formula is C15H22N2O2. The summed E-state index contributed by atoms with van der Waals surface area (Å²) in [7, 11) is 0. The van der Waals surface area contributed by atoms with Crippen LogP contribution in [0.3, 0.4) is 0 Å². The van der Waals surface area contributed by atoms with E-state index in [4.69, 9.17) is 10.5 Å². The van der Waals surface area contributed by atoms with Crippen molar-refractivity contribution >= 4 is 11.6 Å². The van der Waals surface area contributed by atoms with Crippen molar-refractivity contribution in [1.82, 2.24) is 5.32 Å². The average molecular weight is 262 g/mol. The highest BCUT2D eigenvalue weighted by Crippen LogP contribution is 2.28. The molecule has 1 saturated carbocycles. The van der Waals surface area contributed by atoms with Crippen molar-refractivity contribution in [2.45, 2.75) is 25.7 Å². The minimum atomic E-state index is 0.0758. The molecule has 0 radical (unpaired) electrons. The Morgan fingerprint density at radius 3 is 2.74 bits per heavy atom. The number of anilines is 1. The zero-order valence-corrected chi connectivity index (χ0v) is 11.2. The predicted octanol–water partition coefficient (Wildman–Crippen LogP) is 1.74. The summed E-state index contributed by atoms with van der Waals surface area (Å²) in [6, 6.07) is 7.64. The van der Waals surface area contributed by atoms with E-state index in [0.717, 1.165) is 30.2 Å². The first-order valence-electron chi connectivity index (χ1n) is 6.93. The van der Waals surface area contributed by atoms with Crippen LogP contribution in [0.2, 0.25) is 0 Å². The zero-order valence-electron chi connectivity index (χ0n) is 11.2. The fourth-order valence-electron chi connectivity index (χ4n) is 1.83. The molecule has 0 aromatic heterocycles. The second kappa shape index (κ2) is 7.14. The van der Waals surface area contributed by atoms with Gasteiger partial charge in [-0.25, -0.2) is 0 Å². The van der Waals surface area contributed by atoms with Gasteiger partial charge < -0.3 is 15.8 Å². The second-order valence-corrected chi connectivity index (χ2v) is 5.11. The molecular weight excluding hydrogens is 240 g/mol. The third-order valence-corrected chi connectivity index (χ3v) is 3.24. The van der Waals surface area contributed by atoms with Gasteiger partial charge in [0.1, 0.15) is 0 Å². The first-order chi connectivity index (χ1) is 9.24. The normalized spacial score (nSPS) is 14.3. The third-order valence-electron chi connectivity index (χ3n) is 3.24. The van der Waals surface area contributed by atoms with E-state index < -0.39 is 0 Å². The van der Waals surface area contributed by atoms with Gasteiger partial charge in [-0.05, 0) is 42.9 Å². The number of nitrogens with one attached hydrogen (secondary N) is 1. The van der Waals surface area contributed by atoms with Gasteiger partial charge in [-0.1, -0.05) is 12.1 Å². The molecule has 0 bridgehead atoms. The number of hydrogen-bond donors (Lipinski definition) is 2. The number of benzene rings is 1. The molecule has 1 amide bonds. The zero-order chi connectivity index (χ0) is 13.5. The molecule has 3 N–H and O–H groups in total. The number of amides is 1. The molecule has 1 fully saturated rings. The first-order valence-corrected chi connectivity index (χ1v) is 6.93. The van der Waals surface area contributed by atoms with E-state index in [0.29, 0.717) is 19.6 Å². The molecule has 1 aliphatic rings. The van der Waals surface area contributed by atoms with Crippen LogP contribution in [0.4, 0.5) is 5.69 Å². The maximum absolute atomic E-state index is 11.6. The summed E-state index contributed by atoms with van der Waals surface area (Å²) in [4.78, 5) is 11.6. The van der Waals surface area contributed by atoms with Crippen LogP contribution in [-0.2, 0) is 16.0 Å². The molecule has 0 atom stereocenters.